The molecule has 1 aromatic rings. The number of aryl methyl sites for hydroxylation is 1. The lowest BCUT2D eigenvalue weighted by atomic mass is 9.97. The molecule has 2 atom stereocenters. The summed E-state index contributed by atoms with van der Waals surface area (Å²) in [6, 6.07) is 2.15. The van der Waals surface area contributed by atoms with Crippen LogP contribution in [0.15, 0.2) is 10.5 Å². The van der Waals surface area contributed by atoms with Gasteiger partial charge in [0.1, 0.15) is 17.1 Å². The molecule has 1 saturated carbocycles. The van der Waals surface area contributed by atoms with E-state index < -0.39 is 5.97 Å². The van der Waals surface area contributed by atoms with Crippen molar-refractivity contribution in [3.63, 3.8) is 0 Å². The molecule has 1 fully saturated rings. The molecule has 1 aromatic heterocycles. The zero-order valence-corrected chi connectivity index (χ0v) is 11.7. The molecule has 106 valence electrons. The molecule has 1 aliphatic rings. The summed E-state index contributed by atoms with van der Waals surface area (Å²) in [4.78, 5) is 11.0. The number of hydrogen-bond acceptors (Lipinski definition) is 3. The van der Waals surface area contributed by atoms with Gasteiger partial charge in [0.25, 0.3) is 0 Å². The standard InChI is InChI=1S/C15H23NO3/c1-10-6-4-3-5-7-14(10)16-9-12-8-13(15(17)18)11(2)19-12/h8,10,14,16H,3-7,9H2,1-2H3,(H,17,18). The van der Waals surface area contributed by atoms with E-state index in [1.807, 2.05) is 0 Å². The average molecular weight is 265 g/mol. The van der Waals surface area contributed by atoms with Crippen LogP contribution in [-0.4, -0.2) is 17.1 Å². The fourth-order valence-electron chi connectivity index (χ4n) is 2.87. The van der Waals surface area contributed by atoms with Crippen molar-refractivity contribution >= 4 is 5.97 Å². The van der Waals surface area contributed by atoms with Gasteiger partial charge in [0.15, 0.2) is 0 Å². The van der Waals surface area contributed by atoms with Gasteiger partial charge in [-0.1, -0.05) is 26.2 Å². The highest BCUT2D eigenvalue weighted by molar-refractivity contribution is 5.88. The van der Waals surface area contributed by atoms with E-state index in [4.69, 9.17) is 9.52 Å². The molecule has 19 heavy (non-hydrogen) atoms. The zero-order valence-electron chi connectivity index (χ0n) is 11.7. The molecule has 0 amide bonds. The molecule has 0 radical (unpaired) electrons. The van der Waals surface area contributed by atoms with Crippen molar-refractivity contribution in [1.82, 2.24) is 5.32 Å². The van der Waals surface area contributed by atoms with Gasteiger partial charge in [-0.05, 0) is 31.7 Å². The summed E-state index contributed by atoms with van der Waals surface area (Å²) in [6.45, 7) is 4.60. The average Bonchev–Trinajstić information content (AvgIpc) is 2.61. The monoisotopic (exact) mass is 265 g/mol. The van der Waals surface area contributed by atoms with E-state index >= 15 is 0 Å². The maximum atomic E-state index is 11.0. The number of furan rings is 1. The first-order valence-electron chi connectivity index (χ1n) is 7.14. The van der Waals surface area contributed by atoms with Gasteiger partial charge in [-0.25, -0.2) is 4.79 Å². The first-order valence-corrected chi connectivity index (χ1v) is 7.14. The molecule has 2 N–H and O–H groups in total. The second kappa shape index (κ2) is 6.24. The molecule has 0 aromatic carbocycles. The topological polar surface area (TPSA) is 62.5 Å². The van der Waals surface area contributed by atoms with Crippen LogP contribution < -0.4 is 5.32 Å². The molecule has 0 saturated heterocycles. The Morgan fingerprint density at radius 1 is 1.42 bits per heavy atom. The second-order valence-electron chi connectivity index (χ2n) is 5.59. The number of rotatable bonds is 4. The summed E-state index contributed by atoms with van der Waals surface area (Å²) in [5.74, 6) is 0.956. The molecule has 0 aliphatic heterocycles. The summed E-state index contributed by atoms with van der Waals surface area (Å²) in [5, 5.41) is 12.5. The molecule has 0 bridgehead atoms. The minimum atomic E-state index is -0.921. The quantitative estimate of drug-likeness (QED) is 0.820. The van der Waals surface area contributed by atoms with E-state index in [2.05, 4.69) is 12.2 Å². The van der Waals surface area contributed by atoms with Crippen molar-refractivity contribution in [2.75, 3.05) is 0 Å². The van der Waals surface area contributed by atoms with E-state index in [0.29, 0.717) is 30.0 Å². The van der Waals surface area contributed by atoms with E-state index in [-0.39, 0.29) is 5.56 Å². The van der Waals surface area contributed by atoms with Crippen LogP contribution in [0, 0.1) is 12.8 Å². The second-order valence-corrected chi connectivity index (χ2v) is 5.59. The molecule has 4 nitrogen and oxygen atoms in total. The highest BCUT2D eigenvalue weighted by atomic mass is 16.4. The Morgan fingerprint density at radius 3 is 2.84 bits per heavy atom. The smallest absolute Gasteiger partial charge is 0.339 e. The Kier molecular flexibility index (Phi) is 4.64. The van der Waals surface area contributed by atoms with Crippen molar-refractivity contribution in [1.29, 1.82) is 0 Å². The van der Waals surface area contributed by atoms with Gasteiger partial charge in [0.2, 0.25) is 0 Å². The van der Waals surface area contributed by atoms with E-state index in [0.717, 1.165) is 0 Å². The molecular weight excluding hydrogens is 242 g/mol. The van der Waals surface area contributed by atoms with Gasteiger partial charge in [0.05, 0.1) is 6.54 Å². The maximum absolute atomic E-state index is 11.0. The number of carbonyl (C=O) groups is 1. The fraction of sp³-hybridized carbons (Fsp3) is 0.667. The van der Waals surface area contributed by atoms with Gasteiger partial charge >= 0.3 is 5.97 Å². The molecule has 2 rings (SSSR count). The van der Waals surface area contributed by atoms with Crippen LogP contribution in [0.2, 0.25) is 0 Å². The summed E-state index contributed by atoms with van der Waals surface area (Å²) < 4.78 is 5.49. The van der Waals surface area contributed by atoms with Crippen LogP contribution >= 0.6 is 0 Å². The molecule has 1 heterocycles. The van der Waals surface area contributed by atoms with Crippen LogP contribution in [0.25, 0.3) is 0 Å². The van der Waals surface area contributed by atoms with Gasteiger partial charge in [-0.15, -0.1) is 0 Å². The van der Waals surface area contributed by atoms with E-state index in [1.54, 1.807) is 13.0 Å². The van der Waals surface area contributed by atoms with Gasteiger partial charge in [-0.2, -0.15) is 0 Å². The van der Waals surface area contributed by atoms with Gasteiger partial charge in [0, 0.05) is 6.04 Å². The molecule has 2 unspecified atom stereocenters. The highest BCUT2D eigenvalue weighted by Gasteiger charge is 2.20. The largest absolute Gasteiger partial charge is 0.478 e. The minimum Gasteiger partial charge on any atom is -0.478 e. The first kappa shape index (κ1) is 14.1. The Hall–Kier alpha value is -1.29. The maximum Gasteiger partial charge on any atom is 0.339 e. The third-order valence-electron chi connectivity index (χ3n) is 4.10. The summed E-state index contributed by atoms with van der Waals surface area (Å²) in [7, 11) is 0. The normalized spacial score (nSPS) is 24.1. The lowest BCUT2D eigenvalue weighted by molar-refractivity contribution is 0.0695. The van der Waals surface area contributed by atoms with E-state index in [1.165, 1.54) is 32.1 Å². The summed E-state index contributed by atoms with van der Waals surface area (Å²) in [5.41, 5.74) is 0.269. The molecule has 1 aliphatic carbocycles. The fourth-order valence-corrected chi connectivity index (χ4v) is 2.87. The predicted molar refractivity (Wildman–Crippen MR) is 73.3 cm³/mol. The van der Waals surface area contributed by atoms with Crippen molar-refractivity contribution in [3.05, 3.63) is 23.2 Å². The van der Waals surface area contributed by atoms with Gasteiger partial charge < -0.3 is 14.8 Å². The highest BCUT2D eigenvalue weighted by Crippen LogP contribution is 2.23. The third kappa shape index (κ3) is 3.60. The number of carboxylic acids is 1. The van der Waals surface area contributed by atoms with Crippen LogP contribution in [0.1, 0.15) is 60.9 Å². The van der Waals surface area contributed by atoms with Crippen LogP contribution in [0.4, 0.5) is 0 Å². The number of aromatic carboxylic acids is 1. The molecular formula is C15H23NO3. The number of hydrogen-bond donors (Lipinski definition) is 2. The Balaban J connectivity index is 1.94. The van der Waals surface area contributed by atoms with Crippen molar-refractivity contribution in [2.24, 2.45) is 5.92 Å². The lowest BCUT2D eigenvalue weighted by Crippen LogP contribution is -2.33. The van der Waals surface area contributed by atoms with Crippen molar-refractivity contribution in [2.45, 2.75) is 58.5 Å². The van der Waals surface area contributed by atoms with Crippen LogP contribution in [-0.2, 0) is 6.54 Å². The number of nitrogens with one attached hydrogen (secondary N) is 1. The summed E-state index contributed by atoms with van der Waals surface area (Å²) in [6.07, 6.45) is 6.40. The first-order chi connectivity index (χ1) is 9.08. The number of carboxylic acid groups (broad SMARTS) is 1. The minimum absolute atomic E-state index is 0.269. The van der Waals surface area contributed by atoms with Crippen LogP contribution in [0.3, 0.4) is 0 Å². The van der Waals surface area contributed by atoms with Crippen molar-refractivity contribution < 1.29 is 14.3 Å². The SMILES string of the molecule is Cc1oc(CNC2CCCCCC2C)cc1C(=O)O. The predicted octanol–water partition coefficient (Wildman–Crippen LogP) is 3.34. The molecule has 0 spiro atoms. The third-order valence-corrected chi connectivity index (χ3v) is 4.10. The Labute approximate surface area is 114 Å². The Bertz CT molecular complexity index is 439. The van der Waals surface area contributed by atoms with Crippen molar-refractivity contribution in [3.8, 4) is 0 Å². The zero-order chi connectivity index (χ0) is 13.8. The Morgan fingerprint density at radius 2 is 2.16 bits per heavy atom. The van der Waals surface area contributed by atoms with Gasteiger partial charge in [-0.3, -0.25) is 0 Å². The van der Waals surface area contributed by atoms with E-state index in [9.17, 15) is 4.79 Å². The lowest BCUT2D eigenvalue weighted by Gasteiger charge is -2.22. The van der Waals surface area contributed by atoms with Crippen LogP contribution in [0.5, 0.6) is 0 Å². The summed E-state index contributed by atoms with van der Waals surface area (Å²) >= 11 is 0. The molecule has 4 heteroatoms.